The zero-order valence-corrected chi connectivity index (χ0v) is 13.3. The largest absolute Gasteiger partial charge is 0.457 e. The van der Waals surface area contributed by atoms with Gasteiger partial charge < -0.3 is 10.1 Å². The molecule has 2 N–H and O–H groups in total. The SMILES string of the molecule is O=C1NC(=S)N/C1=C\c1cc(-c2ccc3c(c2)COC3=O)cs1. The van der Waals surface area contributed by atoms with E-state index >= 15 is 0 Å². The van der Waals surface area contributed by atoms with E-state index < -0.39 is 0 Å². The molecule has 1 aromatic carbocycles. The Morgan fingerprint density at radius 1 is 1.17 bits per heavy atom. The number of carbonyl (C=O) groups excluding carboxylic acids is 2. The van der Waals surface area contributed by atoms with Crippen molar-refractivity contribution in [3.05, 3.63) is 51.3 Å². The molecular formula is C16H10N2O3S2. The molecule has 3 heterocycles. The quantitative estimate of drug-likeness (QED) is 0.498. The van der Waals surface area contributed by atoms with Crippen LogP contribution in [0.15, 0.2) is 35.3 Å². The number of amides is 1. The van der Waals surface area contributed by atoms with E-state index in [9.17, 15) is 9.59 Å². The molecule has 2 aromatic rings. The van der Waals surface area contributed by atoms with E-state index in [1.807, 2.05) is 23.6 Å². The Bertz CT molecular complexity index is 898. The first-order chi connectivity index (χ1) is 11.1. The molecule has 1 amide bonds. The number of esters is 1. The van der Waals surface area contributed by atoms with Gasteiger partial charge >= 0.3 is 5.97 Å². The second kappa shape index (κ2) is 5.29. The second-order valence-electron chi connectivity index (χ2n) is 5.15. The highest BCUT2D eigenvalue weighted by Gasteiger charge is 2.22. The van der Waals surface area contributed by atoms with Crippen molar-refractivity contribution in [2.45, 2.75) is 6.61 Å². The highest BCUT2D eigenvalue weighted by Crippen LogP contribution is 2.30. The van der Waals surface area contributed by atoms with Gasteiger partial charge in [-0.05, 0) is 53.0 Å². The summed E-state index contributed by atoms with van der Waals surface area (Å²) in [5.41, 5.74) is 4.02. The maximum atomic E-state index is 11.7. The minimum absolute atomic E-state index is 0.224. The van der Waals surface area contributed by atoms with Gasteiger partial charge in [0.15, 0.2) is 5.11 Å². The predicted molar refractivity (Wildman–Crippen MR) is 90.7 cm³/mol. The normalized spacial score (nSPS) is 17.9. The number of thiophene rings is 1. The summed E-state index contributed by atoms with van der Waals surface area (Å²) in [6, 6.07) is 7.66. The van der Waals surface area contributed by atoms with Crippen LogP contribution in [-0.2, 0) is 16.1 Å². The zero-order chi connectivity index (χ0) is 16.0. The summed E-state index contributed by atoms with van der Waals surface area (Å²) in [5.74, 6) is -0.491. The van der Waals surface area contributed by atoms with Crippen molar-refractivity contribution in [3.8, 4) is 11.1 Å². The lowest BCUT2D eigenvalue weighted by Crippen LogP contribution is -2.21. The number of thiocarbonyl (C=S) groups is 1. The molecule has 0 atom stereocenters. The van der Waals surface area contributed by atoms with Crippen LogP contribution in [0.25, 0.3) is 17.2 Å². The van der Waals surface area contributed by atoms with Crippen LogP contribution < -0.4 is 10.6 Å². The number of hydrogen-bond donors (Lipinski definition) is 2. The molecule has 2 aliphatic heterocycles. The van der Waals surface area contributed by atoms with Crippen molar-refractivity contribution in [1.29, 1.82) is 0 Å². The topological polar surface area (TPSA) is 67.4 Å². The third-order valence-electron chi connectivity index (χ3n) is 3.64. The first-order valence-corrected chi connectivity index (χ1v) is 8.12. The molecule has 0 spiro atoms. The Labute approximate surface area is 141 Å². The molecule has 2 aliphatic rings. The molecule has 114 valence electrons. The molecule has 1 fully saturated rings. The minimum Gasteiger partial charge on any atom is -0.457 e. The lowest BCUT2D eigenvalue weighted by atomic mass is 10.0. The predicted octanol–water partition coefficient (Wildman–Crippen LogP) is 2.43. The molecule has 0 aliphatic carbocycles. The van der Waals surface area contributed by atoms with Crippen molar-refractivity contribution in [2.24, 2.45) is 0 Å². The fourth-order valence-electron chi connectivity index (χ4n) is 2.52. The molecule has 1 saturated heterocycles. The number of carbonyl (C=O) groups is 2. The van der Waals surface area contributed by atoms with E-state index in [0.29, 0.717) is 23.0 Å². The fourth-order valence-corrected chi connectivity index (χ4v) is 3.57. The van der Waals surface area contributed by atoms with Crippen molar-refractivity contribution in [3.63, 3.8) is 0 Å². The summed E-state index contributed by atoms with van der Waals surface area (Å²) in [4.78, 5) is 24.1. The molecular weight excluding hydrogens is 332 g/mol. The number of hydrogen-bond acceptors (Lipinski definition) is 5. The smallest absolute Gasteiger partial charge is 0.338 e. The summed E-state index contributed by atoms with van der Waals surface area (Å²) >= 11 is 6.44. The number of cyclic esters (lactones) is 1. The van der Waals surface area contributed by atoms with Crippen molar-refractivity contribution < 1.29 is 14.3 Å². The number of benzene rings is 1. The summed E-state index contributed by atoms with van der Waals surface area (Å²) in [6.07, 6.45) is 1.77. The summed E-state index contributed by atoms with van der Waals surface area (Å²) in [6.45, 7) is 0.324. The summed E-state index contributed by atoms with van der Waals surface area (Å²) < 4.78 is 5.02. The fraction of sp³-hybridized carbons (Fsp3) is 0.0625. The van der Waals surface area contributed by atoms with Gasteiger partial charge in [-0.2, -0.15) is 0 Å². The summed E-state index contributed by atoms with van der Waals surface area (Å²) in [5, 5.41) is 7.69. The molecule has 0 saturated carbocycles. The average molecular weight is 342 g/mol. The van der Waals surface area contributed by atoms with Gasteiger partial charge in [0.1, 0.15) is 12.3 Å². The Balaban J connectivity index is 1.64. The zero-order valence-electron chi connectivity index (χ0n) is 11.7. The molecule has 0 radical (unpaired) electrons. The van der Waals surface area contributed by atoms with Crippen molar-refractivity contribution in [1.82, 2.24) is 10.6 Å². The van der Waals surface area contributed by atoms with Crippen LogP contribution in [0.1, 0.15) is 20.8 Å². The van der Waals surface area contributed by atoms with E-state index in [4.69, 9.17) is 17.0 Å². The Morgan fingerprint density at radius 2 is 2.04 bits per heavy atom. The van der Waals surface area contributed by atoms with E-state index in [2.05, 4.69) is 10.6 Å². The van der Waals surface area contributed by atoms with E-state index in [0.717, 1.165) is 21.6 Å². The Hall–Kier alpha value is -2.51. The van der Waals surface area contributed by atoms with Gasteiger partial charge in [0.25, 0.3) is 5.91 Å². The third kappa shape index (κ3) is 2.54. The molecule has 0 bridgehead atoms. The molecule has 0 unspecified atom stereocenters. The molecule has 5 nitrogen and oxygen atoms in total. The average Bonchev–Trinajstić information content (AvgIpc) is 3.21. The third-order valence-corrected chi connectivity index (χ3v) is 4.73. The number of fused-ring (bicyclic) bond motifs is 1. The van der Waals surface area contributed by atoms with E-state index in [1.54, 1.807) is 12.1 Å². The number of ether oxygens (including phenoxy) is 1. The first kappa shape index (κ1) is 14.1. The van der Waals surface area contributed by atoms with Gasteiger partial charge in [0.2, 0.25) is 0 Å². The molecule has 1 aromatic heterocycles. The van der Waals surface area contributed by atoms with Gasteiger partial charge in [0.05, 0.1) is 5.56 Å². The molecule has 4 rings (SSSR count). The monoisotopic (exact) mass is 342 g/mol. The van der Waals surface area contributed by atoms with Crippen LogP contribution in [0.4, 0.5) is 0 Å². The number of rotatable bonds is 2. The van der Waals surface area contributed by atoms with Gasteiger partial charge in [-0.3, -0.25) is 10.1 Å². The second-order valence-corrected chi connectivity index (χ2v) is 6.50. The highest BCUT2D eigenvalue weighted by molar-refractivity contribution is 7.80. The standard InChI is InChI=1S/C16H10N2O3S2/c19-14-13(17-16(22)18-14)5-11-4-10(7-23-11)8-1-2-12-9(3-8)6-21-15(12)20/h1-5,7H,6H2,(H2,17,18,19,22)/b13-5-. The Kier molecular flexibility index (Phi) is 3.24. The molecule has 23 heavy (non-hydrogen) atoms. The lowest BCUT2D eigenvalue weighted by molar-refractivity contribution is -0.115. The van der Waals surface area contributed by atoms with Crippen LogP contribution in [-0.4, -0.2) is 17.0 Å². The van der Waals surface area contributed by atoms with Gasteiger partial charge in [-0.15, -0.1) is 11.3 Å². The minimum atomic E-state index is -0.267. The maximum absolute atomic E-state index is 11.7. The van der Waals surface area contributed by atoms with Crippen LogP contribution in [0.5, 0.6) is 0 Å². The maximum Gasteiger partial charge on any atom is 0.338 e. The van der Waals surface area contributed by atoms with E-state index in [1.165, 1.54) is 11.3 Å². The van der Waals surface area contributed by atoms with Crippen molar-refractivity contribution >= 4 is 46.6 Å². The van der Waals surface area contributed by atoms with Crippen LogP contribution in [0, 0.1) is 0 Å². The first-order valence-electron chi connectivity index (χ1n) is 6.83. The van der Waals surface area contributed by atoms with Crippen LogP contribution in [0.2, 0.25) is 0 Å². The number of nitrogens with one attached hydrogen (secondary N) is 2. The highest BCUT2D eigenvalue weighted by atomic mass is 32.1. The van der Waals surface area contributed by atoms with Crippen molar-refractivity contribution in [2.75, 3.05) is 0 Å². The van der Waals surface area contributed by atoms with Crippen LogP contribution in [0.3, 0.4) is 0 Å². The van der Waals surface area contributed by atoms with E-state index in [-0.39, 0.29) is 11.9 Å². The van der Waals surface area contributed by atoms with Gasteiger partial charge in [-0.25, -0.2) is 4.79 Å². The molecule has 7 heteroatoms. The Morgan fingerprint density at radius 3 is 2.83 bits per heavy atom. The van der Waals surface area contributed by atoms with Gasteiger partial charge in [-0.1, -0.05) is 6.07 Å². The lowest BCUT2D eigenvalue weighted by Gasteiger charge is -2.00. The van der Waals surface area contributed by atoms with Crippen LogP contribution >= 0.6 is 23.6 Å². The van der Waals surface area contributed by atoms with Gasteiger partial charge in [0, 0.05) is 10.4 Å². The summed E-state index contributed by atoms with van der Waals surface area (Å²) in [7, 11) is 0.